The van der Waals surface area contributed by atoms with Crippen molar-refractivity contribution in [2.75, 3.05) is 0 Å². The van der Waals surface area contributed by atoms with Crippen molar-refractivity contribution in [1.82, 2.24) is 0 Å². The summed E-state index contributed by atoms with van der Waals surface area (Å²) < 4.78 is 0. The van der Waals surface area contributed by atoms with Gasteiger partial charge in [0.25, 0.3) is 0 Å². The Bertz CT molecular complexity index is 303. The van der Waals surface area contributed by atoms with Gasteiger partial charge in [0.2, 0.25) is 0 Å². The fourth-order valence-electron chi connectivity index (χ4n) is 1.63. The highest BCUT2D eigenvalue weighted by atomic mass is 32.1. The molecule has 0 aromatic heterocycles. The maximum Gasteiger partial charge on any atom is 0.0727 e. The molecule has 0 aliphatic rings. The molecule has 2 heteroatoms. The Labute approximate surface area is 97.7 Å². The predicted molar refractivity (Wildman–Crippen MR) is 70.2 cm³/mol. The zero-order valence-electron chi connectivity index (χ0n) is 9.33. The Morgan fingerprint density at radius 1 is 1.13 bits per heavy atom. The molecule has 0 bridgehead atoms. The van der Waals surface area contributed by atoms with E-state index in [9.17, 15) is 0 Å². The van der Waals surface area contributed by atoms with Crippen molar-refractivity contribution in [3.63, 3.8) is 0 Å². The minimum absolute atomic E-state index is 0.623. The fourth-order valence-corrected chi connectivity index (χ4v) is 1.77. The lowest BCUT2D eigenvalue weighted by Gasteiger charge is -2.03. The van der Waals surface area contributed by atoms with Crippen molar-refractivity contribution < 1.29 is 0 Å². The highest BCUT2D eigenvalue weighted by Gasteiger charge is 1.95. The molecular formula is C13H19NS. The van der Waals surface area contributed by atoms with Crippen LogP contribution in [0.1, 0.15) is 37.3 Å². The summed E-state index contributed by atoms with van der Waals surface area (Å²) >= 11 is 4.84. The minimum atomic E-state index is 0.623. The molecule has 0 unspecified atom stereocenters. The van der Waals surface area contributed by atoms with Gasteiger partial charge in [0.1, 0.15) is 0 Å². The summed E-state index contributed by atoms with van der Waals surface area (Å²) in [6.07, 6.45) is 5.37. The number of rotatable bonds is 6. The van der Waals surface area contributed by atoms with E-state index in [2.05, 4.69) is 31.2 Å². The highest BCUT2D eigenvalue weighted by Crippen LogP contribution is 2.09. The Kier molecular flexibility index (Phi) is 5.33. The summed E-state index contributed by atoms with van der Waals surface area (Å²) in [5.74, 6) is 0. The van der Waals surface area contributed by atoms with Crippen LogP contribution < -0.4 is 5.73 Å². The zero-order valence-corrected chi connectivity index (χ0v) is 10.1. The van der Waals surface area contributed by atoms with Crippen molar-refractivity contribution in [3.05, 3.63) is 35.4 Å². The molecule has 0 heterocycles. The zero-order chi connectivity index (χ0) is 11.1. The molecule has 0 aliphatic carbocycles. The van der Waals surface area contributed by atoms with Gasteiger partial charge in [-0.1, -0.05) is 49.8 Å². The van der Waals surface area contributed by atoms with Crippen LogP contribution in [0.15, 0.2) is 24.3 Å². The summed E-state index contributed by atoms with van der Waals surface area (Å²) in [5.41, 5.74) is 8.26. The number of aryl methyl sites for hydroxylation is 2. The largest absolute Gasteiger partial charge is 0.393 e. The molecular weight excluding hydrogens is 202 g/mol. The second-order valence-corrected chi connectivity index (χ2v) is 4.41. The van der Waals surface area contributed by atoms with Gasteiger partial charge in [0.15, 0.2) is 0 Å². The number of hydrogen-bond acceptors (Lipinski definition) is 1. The monoisotopic (exact) mass is 221 g/mol. The van der Waals surface area contributed by atoms with Crippen molar-refractivity contribution >= 4 is 17.2 Å². The summed E-state index contributed by atoms with van der Waals surface area (Å²) in [6.45, 7) is 2.20. The van der Waals surface area contributed by atoms with Crippen LogP contribution in [0.4, 0.5) is 0 Å². The third-order valence-electron chi connectivity index (χ3n) is 2.45. The number of nitrogens with two attached hydrogens (primary N) is 1. The van der Waals surface area contributed by atoms with Gasteiger partial charge < -0.3 is 5.73 Å². The third-order valence-corrected chi connectivity index (χ3v) is 2.65. The average molecular weight is 221 g/mol. The molecule has 2 N–H and O–H groups in total. The van der Waals surface area contributed by atoms with Crippen molar-refractivity contribution in [2.24, 2.45) is 5.73 Å². The Balaban J connectivity index is 2.39. The topological polar surface area (TPSA) is 26.0 Å². The van der Waals surface area contributed by atoms with Crippen LogP contribution in [0.3, 0.4) is 0 Å². The summed E-state index contributed by atoms with van der Waals surface area (Å²) in [6, 6.07) is 8.87. The van der Waals surface area contributed by atoms with Crippen LogP contribution in [-0.4, -0.2) is 4.99 Å². The highest BCUT2D eigenvalue weighted by molar-refractivity contribution is 7.80. The molecule has 1 aromatic carbocycles. The van der Waals surface area contributed by atoms with Gasteiger partial charge in [0.05, 0.1) is 4.99 Å². The van der Waals surface area contributed by atoms with E-state index in [4.69, 9.17) is 18.0 Å². The summed E-state index contributed by atoms with van der Waals surface area (Å²) in [4.78, 5) is 0.623. The van der Waals surface area contributed by atoms with E-state index in [1.54, 1.807) is 0 Å². The molecule has 0 fully saturated rings. The lowest BCUT2D eigenvalue weighted by atomic mass is 10.0. The Morgan fingerprint density at radius 3 is 2.13 bits per heavy atom. The van der Waals surface area contributed by atoms with Gasteiger partial charge in [-0.15, -0.1) is 0 Å². The van der Waals surface area contributed by atoms with E-state index in [1.807, 2.05) is 0 Å². The molecule has 1 rings (SSSR count). The molecule has 0 atom stereocenters. The van der Waals surface area contributed by atoms with Crippen LogP contribution in [0.5, 0.6) is 0 Å². The molecule has 0 amide bonds. The van der Waals surface area contributed by atoms with E-state index >= 15 is 0 Å². The molecule has 0 aliphatic heterocycles. The molecule has 82 valence electrons. The average Bonchev–Trinajstić information content (AvgIpc) is 2.20. The van der Waals surface area contributed by atoms with Crippen molar-refractivity contribution in [3.8, 4) is 0 Å². The van der Waals surface area contributed by atoms with Crippen LogP contribution in [0.25, 0.3) is 0 Å². The molecule has 0 saturated heterocycles. The first-order chi connectivity index (χ1) is 7.22. The lowest BCUT2D eigenvalue weighted by molar-refractivity contribution is 0.864. The smallest absolute Gasteiger partial charge is 0.0727 e. The molecule has 0 radical (unpaired) electrons. The quantitative estimate of drug-likeness (QED) is 0.746. The normalized spacial score (nSPS) is 10.2. The van der Waals surface area contributed by atoms with Crippen molar-refractivity contribution in [2.45, 2.75) is 39.0 Å². The van der Waals surface area contributed by atoms with Gasteiger partial charge in [-0.25, -0.2) is 0 Å². The van der Waals surface area contributed by atoms with E-state index in [0.717, 1.165) is 19.3 Å². The van der Waals surface area contributed by atoms with Gasteiger partial charge in [-0.2, -0.15) is 0 Å². The number of thiocarbonyl (C=S) groups is 1. The van der Waals surface area contributed by atoms with Gasteiger partial charge in [-0.05, 0) is 36.8 Å². The summed E-state index contributed by atoms with van der Waals surface area (Å²) in [5, 5.41) is 0. The standard InChI is InChI=1S/C13H19NS/c1-2-4-11-7-9-12(10-8-11)5-3-6-13(14)15/h7-10H,2-6H2,1H3,(H2,14,15). The molecule has 1 nitrogen and oxygen atoms in total. The second-order valence-electron chi connectivity index (χ2n) is 3.89. The molecule has 0 spiro atoms. The first-order valence-electron chi connectivity index (χ1n) is 5.58. The first kappa shape index (κ1) is 12.2. The maximum atomic E-state index is 5.45. The van der Waals surface area contributed by atoms with Gasteiger partial charge in [0, 0.05) is 0 Å². The second kappa shape index (κ2) is 6.57. The van der Waals surface area contributed by atoms with E-state index in [0.29, 0.717) is 4.99 Å². The molecule has 1 aromatic rings. The number of hydrogen-bond donors (Lipinski definition) is 1. The van der Waals surface area contributed by atoms with Crippen LogP contribution in [-0.2, 0) is 12.8 Å². The van der Waals surface area contributed by atoms with E-state index < -0.39 is 0 Å². The van der Waals surface area contributed by atoms with Gasteiger partial charge >= 0.3 is 0 Å². The van der Waals surface area contributed by atoms with Gasteiger partial charge in [-0.3, -0.25) is 0 Å². The molecule has 0 saturated carbocycles. The lowest BCUT2D eigenvalue weighted by Crippen LogP contribution is -2.07. The fraction of sp³-hybridized carbons (Fsp3) is 0.462. The van der Waals surface area contributed by atoms with Crippen LogP contribution in [0, 0.1) is 0 Å². The minimum Gasteiger partial charge on any atom is -0.393 e. The predicted octanol–water partition coefficient (Wildman–Crippen LogP) is 3.25. The number of benzene rings is 1. The Hall–Kier alpha value is -0.890. The SMILES string of the molecule is CCCc1ccc(CCCC(N)=S)cc1. The first-order valence-corrected chi connectivity index (χ1v) is 5.99. The molecule has 15 heavy (non-hydrogen) atoms. The van der Waals surface area contributed by atoms with Crippen LogP contribution in [0.2, 0.25) is 0 Å². The maximum absolute atomic E-state index is 5.45. The van der Waals surface area contributed by atoms with Crippen LogP contribution >= 0.6 is 12.2 Å². The van der Waals surface area contributed by atoms with Crippen molar-refractivity contribution in [1.29, 1.82) is 0 Å². The Morgan fingerprint density at radius 2 is 1.67 bits per heavy atom. The van der Waals surface area contributed by atoms with E-state index in [1.165, 1.54) is 24.0 Å². The van der Waals surface area contributed by atoms with E-state index in [-0.39, 0.29) is 0 Å². The summed E-state index contributed by atoms with van der Waals surface area (Å²) in [7, 11) is 0. The third kappa shape index (κ3) is 4.93.